The molecule has 2 N–H and O–H groups in total. The molecule has 0 radical (unpaired) electrons. The second-order valence-corrected chi connectivity index (χ2v) is 5.10. The third kappa shape index (κ3) is 3.55. The minimum atomic E-state index is -0.404. The Balaban J connectivity index is 1.99. The fraction of sp³-hybridized carbons (Fsp3) is 0.600. The van der Waals surface area contributed by atoms with Crippen LogP contribution < -0.4 is 0 Å². The van der Waals surface area contributed by atoms with Gasteiger partial charge >= 0.3 is 0 Å². The lowest BCUT2D eigenvalue weighted by Crippen LogP contribution is -2.46. The molecule has 1 aliphatic rings. The van der Waals surface area contributed by atoms with Gasteiger partial charge in [-0.25, -0.2) is 0 Å². The zero-order chi connectivity index (χ0) is 12.8. The van der Waals surface area contributed by atoms with Gasteiger partial charge in [-0.05, 0) is 31.4 Å². The molecule has 1 fully saturated rings. The molecule has 2 unspecified atom stereocenters. The maximum absolute atomic E-state index is 10.1. The second kappa shape index (κ2) is 6.88. The molecular weight excluding hydrogens is 226 g/mol. The average Bonchev–Trinajstić information content (AvgIpc) is 2.41. The van der Waals surface area contributed by atoms with Crippen LogP contribution in [0.15, 0.2) is 30.3 Å². The summed E-state index contributed by atoms with van der Waals surface area (Å²) < 4.78 is 0. The Kier molecular flexibility index (Phi) is 5.17. The summed E-state index contributed by atoms with van der Waals surface area (Å²) in [6, 6.07) is 10.6. The van der Waals surface area contributed by atoms with E-state index in [-0.39, 0.29) is 12.6 Å². The lowest BCUT2D eigenvalue weighted by atomic mass is 9.95. The highest BCUT2D eigenvalue weighted by molar-refractivity contribution is 5.14. The normalized spacial score (nSPS) is 22.9. The Morgan fingerprint density at radius 1 is 1.22 bits per heavy atom. The largest absolute Gasteiger partial charge is 0.396 e. The van der Waals surface area contributed by atoms with Crippen molar-refractivity contribution in [2.24, 2.45) is 0 Å². The molecule has 3 nitrogen and oxygen atoms in total. The lowest BCUT2D eigenvalue weighted by Gasteiger charge is -2.38. The number of likely N-dealkylation sites (tertiary alicyclic amines) is 1. The number of hydrogen-bond acceptors (Lipinski definition) is 3. The van der Waals surface area contributed by atoms with Crippen LogP contribution in [0.1, 0.15) is 31.2 Å². The second-order valence-electron chi connectivity index (χ2n) is 5.10. The summed E-state index contributed by atoms with van der Waals surface area (Å²) in [5.41, 5.74) is 1.29. The van der Waals surface area contributed by atoms with Crippen molar-refractivity contribution in [1.82, 2.24) is 4.90 Å². The minimum Gasteiger partial charge on any atom is -0.396 e. The van der Waals surface area contributed by atoms with Crippen LogP contribution in [0.5, 0.6) is 0 Å². The van der Waals surface area contributed by atoms with E-state index in [0.717, 1.165) is 19.5 Å². The van der Waals surface area contributed by atoms with Gasteiger partial charge in [0.1, 0.15) is 0 Å². The van der Waals surface area contributed by atoms with Gasteiger partial charge in [0, 0.05) is 19.2 Å². The van der Waals surface area contributed by atoms with Crippen molar-refractivity contribution in [3.05, 3.63) is 35.9 Å². The number of piperidine rings is 1. The van der Waals surface area contributed by atoms with Gasteiger partial charge < -0.3 is 10.2 Å². The van der Waals surface area contributed by atoms with Crippen molar-refractivity contribution >= 4 is 0 Å². The maximum atomic E-state index is 10.1. The van der Waals surface area contributed by atoms with Gasteiger partial charge in [-0.2, -0.15) is 0 Å². The van der Waals surface area contributed by atoms with E-state index in [0.29, 0.717) is 6.42 Å². The van der Waals surface area contributed by atoms with E-state index in [1.54, 1.807) is 0 Å². The first kappa shape index (κ1) is 13.5. The molecule has 2 rings (SSSR count). The average molecular weight is 249 g/mol. The molecule has 2 atom stereocenters. The van der Waals surface area contributed by atoms with E-state index in [1.165, 1.54) is 18.4 Å². The Morgan fingerprint density at radius 3 is 2.72 bits per heavy atom. The van der Waals surface area contributed by atoms with Crippen LogP contribution in [0.25, 0.3) is 0 Å². The van der Waals surface area contributed by atoms with Crippen molar-refractivity contribution in [2.45, 2.75) is 44.4 Å². The zero-order valence-corrected chi connectivity index (χ0v) is 10.8. The van der Waals surface area contributed by atoms with Gasteiger partial charge in [0.25, 0.3) is 0 Å². The summed E-state index contributed by atoms with van der Waals surface area (Å²) in [6.45, 7) is 2.01. The molecule has 18 heavy (non-hydrogen) atoms. The fourth-order valence-corrected chi connectivity index (χ4v) is 2.79. The Labute approximate surface area is 109 Å². The van der Waals surface area contributed by atoms with Crippen LogP contribution in [0, 0.1) is 0 Å². The third-order valence-electron chi connectivity index (χ3n) is 3.76. The molecule has 0 saturated carbocycles. The molecule has 3 heteroatoms. The Bertz CT molecular complexity index is 342. The van der Waals surface area contributed by atoms with Gasteiger partial charge in [-0.15, -0.1) is 0 Å². The summed E-state index contributed by atoms with van der Waals surface area (Å²) in [6.07, 6.45) is 3.50. The monoisotopic (exact) mass is 249 g/mol. The molecule has 0 bridgehead atoms. The number of aliphatic hydroxyl groups is 2. The van der Waals surface area contributed by atoms with Gasteiger partial charge in [0.05, 0.1) is 6.10 Å². The van der Waals surface area contributed by atoms with Crippen molar-refractivity contribution in [3.63, 3.8) is 0 Å². The Hall–Kier alpha value is -0.900. The van der Waals surface area contributed by atoms with Crippen molar-refractivity contribution in [1.29, 1.82) is 0 Å². The van der Waals surface area contributed by atoms with Crippen LogP contribution in [0.4, 0.5) is 0 Å². The maximum Gasteiger partial charge on any atom is 0.0717 e. The van der Waals surface area contributed by atoms with Gasteiger partial charge in [0.15, 0.2) is 0 Å². The molecule has 1 aromatic rings. The quantitative estimate of drug-likeness (QED) is 0.836. The molecule has 1 heterocycles. The number of nitrogens with zero attached hydrogens (tertiary/aromatic N) is 1. The predicted molar refractivity (Wildman–Crippen MR) is 72.2 cm³/mol. The third-order valence-corrected chi connectivity index (χ3v) is 3.76. The predicted octanol–water partition coefficient (Wildman–Crippen LogP) is 1.78. The van der Waals surface area contributed by atoms with Gasteiger partial charge in [-0.1, -0.05) is 36.8 Å². The summed E-state index contributed by atoms with van der Waals surface area (Å²) in [7, 11) is 0. The molecular formula is C15H23NO2. The molecule has 0 aromatic heterocycles. The van der Waals surface area contributed by atoms with E-state index in [9.17, 15) is 5.11 Å². The molecule has 0 spiro atoms. The van der Waals surface area contributed by atoms with Crippen LogP contribution >= 0.6 is 0 Å². The highest BCUT2D eigenvalue weighted by atomic mass is 16.3. The SMILES string of the molecule is OCCC(O)C1CCCCN1Cc1ccccc1. The summed E-state index contributed by atoms with van der Waals surface area (Å²) in [4.78, 5) is 2.36. The summed E-state index contributed by atoms with van der Waals surface area (Å²) >= 11 is 0. The number of aliphatic hydroxyl groups excluding tert-OH is 2. The lowest BCUT2D eigenvalue weighted by molar-refractivity contribution is 0.00865. The van der Waals surface area contributed by atoms with Crippen molar-refractivity contribution < 1.29 is 10.2 Å². The first-order valence-corrected chi connectivity index (χ1v) is 6.88. The highest BCUT2D eigenvalue weighted by Gasteiger charge is 2.28. The van der Waals surface area contributed by atoms with Crippen molar-refractivity contribution in [2.75, 3.05) is 13.2 Å². The van der Waals surface area contributed by atoms with Crippen LogP contribution in [-0.2, 0) is 6.54 Å². The topological polar surface area (TPSA) is 43.7 Å². The minimum absolute atomic E-state index is 0.0663. The van der Waals surface area contributed by atoms with Gasteiger partial charge in [-0.3, -0.25) is 4.90 Å². The molecule has 0 aliphatic carbocycles. The van der Waals surface area contributed by atoms with Gasteiger partial charge in [0.2, 0.25) is 0 Å². The van der Waals surface area contributed by atoms with E-state index in [2.05, 4.69) is 29.2 Å². The number of rotatable bonds is 5. The first-order valence-electron chi connectivity index (χ1n) is 6.88. The van der Waals surface area contributed by atoms with Crippen LogP contribution in [0.2, 0.25) is 0 Å². The summed E-state index contributed by atoms with van der Waals surface area (Å²) in [5.74, 6) is 0. The summed E-state index contributed by atoms with van der Waals surface area (Å²) in [5, 5.41) is 19.1. The number of benzene rings is 1. The standard InChI is InChI=1S/C15H23NO2/c17-11-9-15(18)14-8-4-5-10-16(14)12-13-6-2-1-3-7-13/h1-3,6-7,14-15,17-18H,4-5,8-12H2. The number of hydrogen-bond donors (Lipinski definition) is 2. The smallest absolute Gasteiger partial charge is 0.0717 e. The van der Waals surface area contributed by atoms with Crippen LogP contribution in [0.3, 0.4) is 0 Å². The first-order chi connectivity index (χ1) is 8.81. The highest BCUT2D eigenvalue weighted by Crippen LogP contribution is 2.23. The molecule has 0 amide bonds. The van der Waals surface area contributed by atoms with Crippen LogP contribution in [-0.4, -0.2) is 40.4 Å². The van der Waals surface area contributed by atoms with E-state index >= 15 is 0 Å². The fourth-order valence-electron chi connectivity index (χ4n) is 2.79. The Morgan fingerprint density at radius 2 is 2.00 bits per heavy atom. The van der Waals surface area contributed by atoms with E-state index in [1.807, 2.05) is 6.07 Å². The molecule has 1 saturated heterocycles. The van der Waals surface area contributed by atoms with E-state index in [4.69, 9.17) is 5.11 Å². The van der Waals surface area contributed by atoms with E-state index < -0.39 is 6.10 Å². The van der Waals surface area contributed by atoms with Crippen molar-refractivity contribution in [3.8, 4) is 0 Å². The molecule has 100 valence electrons. The molecule has 1 aromatic carbocycles. The zero-order valence-electron chi connectivity index (χ0n) is 10.8. The molecule has 1 aliphatic heterocycles.